The quantitative estimate of drug-likeness (QED) is 0.893. The molecule has 0 spiro atoms. The van der Waals surface area contributed by atoms with E-state index in [1.807, 2.05) is 23.9 Å². The van der Waals surface area contributed by atoms with Crippen molar-refractivity contribution in [1.29, 1.82) is 0 Å². The third-order valence-electron chi connectivity index (χ3n) is 3.01. The summed E-state index contributed by atoms with van der Waals surface area (Å²) in [5, 5.41) is 5.41. The Morgan fingerprint density at radius 3 is 3.12 bits per heavy atom. The number of halogens is 1. The molecule has 1 unspecified atom stereocenters. The monoisotopic (exact) mass is 264 g/mol. The van der Waals surface area contributed by atoms with Crippen LogP contribution in [0.3, 0.4) is 0 Å². The first kappa shape index (κ1) is 11.2. The molecule has 1 atom stereocenters. The number of nitrogens with one attached hydrogen (secondary N) is 1. The average Bonchev–Trinajstić information content (AvgIpc) is 2.86. The molecule has 2 aromatic rings. The van der Waals surface area contributed by atoms with Crippen LogP contribution < -0.4 is 5.32 Å². The zero-order valence-electron chi connectivity index (χ0n) is 9.32. The van der Waals surface area contributed by atoms with Gasteiger partial charge in [0.05, 0.1) is 10.5 Å². The van der Waals surface area contributed by atoms with Gasteiger partial charge in [-0.05, 0) is 36.4 Å². The first-order valence-corrected chi connectivity index (χ1v) is 7.25. The molecule has 1 aromatic carbocycles. The minimum atomic E-state index is 0.574. The number of hydrogen-bond donors (Lipinski definition) is 1. The molecule has 3 rings (SSSR count). The summed E-state index contributed by atoms with van der Waals surface area (Å²) in [4.78, 5) is 4.34. The molecule has 0 radical (unpaired) electrons. The van der Waals surface area contributed by atoms with Crippen molar-refractivity contribution >= 4 is 40.0 Å². The summed E-state index contributed by atoms with van der Waals surface area (Å²) in [5.41, 5.74) is 2.02. The number of aromatic nitrogens is 1. The van der Waals surface area contributed by atoms with Crippen molar-refractivity contribution in [3.8, 4) is 0 Å². The third kappa shape index (κ3) is 2.22. The third-order valence-corrected chi connectivity index (χ3v) is 4.48. The van der Waals surface area contributed by atoms with E-state index in [9.17, 15) is 0 Å². The zero-order valence-corrected chi connectivity index (χ0v) is 10.9. The number of hydrogen-bond acceptors (Lipinski definition) is 3. The van der Waals surface area contributed by atoms with Crippen molar-refractivity contribution in [3.63, 3.8) is 0 Å². The second-order valence-electron chi connectivity index (χ2n) is 4.20. The number of anilines is 1. The van der Waals surface area contributed by atoms with Crippen LogP contribution in [0, 0.1) is 0 Å². The number of fused-ring (bicyclic) bond motifs is 1. The van der Waals surface area contributed by atoms with Gasteiger partial charge < -0.3 is 5.32 Å². The highest BCUT2D eigenvalue weighted by atomic mass is 35.5. The van der Waals surface area contributed by atoms with E-state index in [1.165, 1.54) is 17.9 Å². The van der Waals surface area contributed by atoms with E-state index in [-0.39, 0.29) is 0 Å². The smallest absolute Gasteiger partial charge is 0.0908 e. The molecule has 1 saturated heterocycles. The van der Waals surface area contributed by atoms with Gasteiger partial charge in [0.25, 0.3) is 0 Å². The number of thioether (sulfide) groups is 1. The highest BCUT2D eigenvalue weighted by molar-refractivity contribution is 7.99. The van der Waals surface area contributed by atoms with Gasteiger partial charge in [0, 0.05) is 29.1 Å². The first-order chi connectivity index (χ1) is 8.34. The standard InChI is InChI=1S/C13H13ClN2S/c14-11-3-4-12(16-9-5-7-17-8-9)10-2-1-6-15-13(10)11/h1-4,6,9,16H,5,7-8H2. The Labute approximate surface area is 110 Å². The molecule has 0 bridgehead atoms. The van der Waals surface area contributed by atoms with E-state index in [4.69, 9.17) is 11.6 Å². The SMILES string of the molecule is Clc1ccc(NC2CCSC2)c2cccnc12. The highest BCUT2D eigenvalue weighted by Gasteiger charge is 2.16. The molecular weight excluding hydrogens is 252 g/mol. The van der Waals surface area contributed by atoms with Crippen molar-refractivity contribution in [2.45, 2.75) is 12.5 Å². The molecule has 88 valence electrons. The normalized spacial score (nSPS) is 19.7. The molecule has 0 amide bonds. The van der Waals surface area contributed by atoms with Crippen LogP contribution in [0.5, 0.6) is 0 Å². The van der Waals surface area contributed by atoms with Gasteiger partial charge in [0.1, 0.15) is 0 Å². The van der Waals surface area contributed by atoms with E-state index < -0.39 is 0 Å². The predicted molar refractivity (Wildman–Crippen MR) is 76.1 cm³/mol. The fourth-order valence-electron chi connectivity index (χ4n) is 2.13. The molecule has 17 heavy (non-hydrogen) atoms. The Balaban J connectivity index is 2.01. The number of benzene rings is 1. The largest absolute Gasteiger partial charge is 0.381 e. The maximum Gasteiger partial charge on any atom is 0.0908 e. The van der Waals surface area contributed by atoms with Crippen LogP contribution in [0.4, 0.5) is 5.69 Å². The van der Waals surface area contributed by atoms with Crippen LogP contribution in [0.1, 0.15) is 6.42 Å². The summed E-state index contributed by atoms with van der Waals surface area (Å²) >= 11 is 8.16. The lowest BCUT2D eigenvalue weighted by molar-refractivity contribution is 0.814. The second kappa shape index (κ2) is 4.75. The highest BCUT2D eigenvalue weighted by Crippen LogP contribution is 2.30. The topological polar surface area (TPSA) is 24.9 Å². The molecule has 1 aliphatic rings. The average molecular weight is 265 g/mol. The van der Waals surface area contributed by atoms with Crippen LogP contribution in [0.2, 0.25) is 5.02 Å². The maximum atomic E-state index is 6.15. The van der Waals surface area contributed by atoms with Gasteiger partial charge in [-0.25, -0.2) is 0 Å². The van der Waals surface area contributed by atoms with E-state index >= 15 is 0 Å². The lowest BCUT2D eigenvalue weighted by Gasteiger charge is -2.15. The number of rotatable bonds is 2. The fraction of sp³-hybridized carbons (Fsp3) is 0.308. The van der Waals surface area contributed by atoms with Gasteiger partial charge in [-0.1, -0.05) is 11.6 Å². The predicted octanol–water partition coefficient (Wildman–Crippen LogP) is 3.81. The van der Waals surface area contributed by atoms with Crippen molar-refractivity contribution in [2.75, 3.05) is 16.8 Å². The summed E-state index contributed by atoms with van der Waals surface area (Å²) in [5.74, 6) is 2.44. The summed E-state index contributed by atoms with van der Waals surface area (Å²) in [6, 6.07) is 8.56. The fourth-order valence-corrected chi connectivity index (χ4v) is 3.50. The van der Waals surface area contributed by atoms with Gasteiger partial charge in [0.2, 0.25) is 0 Å². The van der Waals surface area contributed by atoms with Crippen LogP contribution in [0.25, 0.3) is 10.9 Å². The van der Waals surface area contributed by atoms with Gasteiger partial charge >= 0.3 is 0 Å². The molecular formula is C13H13ClN2S. The summed E-state index contributed by atoms with van der Waals surface area (Å²) in [6.45, 7) is 0. The van der Waals surface area contributed by atoms with Crippen LogP contribution in [-0.2, 0) is 0 Å². The molecule has 1 aliphatic heterocycles. The van der Waals surface area contributed by atoms with Crippen LogP contribution >= 0.6 is 23.4 Å². The lowest BCUT2D eigenvalue weighted by Crippen LogP contribution is -2.18. The maximum absolute atomic E-state index is 6.15. The van der Waals surface area contributed by atoms with E-state index in [0.29, 0.717) is 11.1 Å². The van der Waals surface area contributed by atoms with Crippen LogP contribution in [0.15, 0.2) is 30.5 Å². The van der Waals surface area contributed by atoms with Gasteiger partial charge in [0.15, 0.2) is 0 Å². The Morgan fingerprint density at radius 1 is 1.35 bits per heavy atom. The Morgan fingerprint density at radius 2 is 2.29 bits per heavy atom. The summed E-state index contributed by atoms with van der Waals surface area (Å²) in [7, 11) is 0. The number of nitrogens with zero attached hydrogens (tertiary/aromatic N) is 1. The van der Waals surface area contributed by atoms with Crippen LogP contribution in [-0.4, -0.2) is 22.5 Å². The minimum Gasteiger partial charge on any atom is -0.381 e. The zero-order chi connectivity index (χ0) is 11.7. The molecule has 0 saturated carbocycles. The second-order valence-corrected chi connectivity index (χ2v) is 5.76. The van der Waals surface area contributed by atoms with Gasteiger partial charge in [-0.15, -0.1) is 0 Å². The van der Waals surface area contributed by atoms with Crippen molar-refractivity contribution < 1.29 is 0 Å². The molecule has 2 nitrogen and oxygen atoms in total. The van der Waals surface area contributed by atoms with Crippen molar-refractivity contribution in [1.82, 2.24) is 4.98 Å². The lowest BCUT2D eigenvalue weighted by atomic mass is 10.1. The van der Waals surface area contributed by atoms with Gasteiger partial charge in [-0.3, -0.25) is 4.98 Å². The molecule has 1 N–H and O–H groups in total. The summed E-state index contributed by atoms with van der Waals surface area (Å²) in [6.07, 6.45) is 3.01. The first-order valence-electron chi connectivity index (χ1n) is 5.72. The Hall–Kier alpha value is -0.930. The van der Waals surface area contributed by atoms with E-state index in [0.717, 1.165) is 16.6 Å². The molecule has 0 aliphatic carbocycles. The Bertz CT molecular complexity index is 538. The molecule has 1 fully saturated rings. The molecule has 2 heterocycles. The minimum absolute atomic E-state index is 0.574. The Kier molecular flexibility index (Phi) is 3.12. The van der Waals surface area contributed by atoms with E-state index in [2.05, 4.69) is 22.4 Å². The number of pyridine rings is 1. The molecule has 1 aromatic heterocycles. The van der Waals surface area contributed by atoms with Crippen molar-refractivity contribution in [2.24, 2.45) is 0 Å². The van der Waals surface area contributed by atoms with Gasteiger partial charge in [-0.2, -0.15) is 11.8 Å². The summed E-state index contributed by atoms with van der Waals surface area (Å²) < 4.78 is 0. The molecule has 4 heteroatoms. The van der Waals surface area contributed by atoms with Crippen molar-refractivity contribution in [3.05, 3.63) is 35.5 Å². The van der Waals surface area contributed by atoms with E-state index in [1.54, 1.807) is 6.20 Å².